The Morgan fingerprint density at radius 3 is 1.66 bits per heavy atom. The van der Waals surface area contributed by atoms with E-state index in [4.69, 9.17) is 9.47 Å². The molecule has 0 saturated heterocycles. The van der Waals surface area contributed by atoms with E-state index in [1.54, 1.807) is 0 Å². The Labute approximate surface area is 260 Å². The topological polar surface area (TPSA) is 24.9 Å². The quantitative estimate of drug-likeness (QED) is 0.208. The van der Waals surface area contributed by atoms with Crippen molar-refractivity contribution in [3.05, 3.63) is 137 Å². The van der Waals surface area contributed by atoms with Crippen molar-refractivity contribution in [3.8, 4) is 23.0 Å². The van der Waals surface area contributed by atoms with Crippen molar-refractivity contribution in [2.75, 3.05) is 9.80 Å². The molecule has 0 amide bonds. The molecular formula is C40H37N2O2. The maximum absolute atomic E-state index is 6.69. The molecule has 3 heterocycles. The molecule has 0 spiro atoms. The molecule has 0 saturated carbocycles. The fraction of sp³-hybridized carbons (Fsp3) is 0.225. The minimum Gasteiger partial charge on any atom is -0.453 e. The summed E-state index contributed by atoms with van der Waals surface area (Å²) in [6.07, 6.45) is 0. The van der Waals surface area contributed by atoms with Crippen molar-refractivity contribution in [1.29, 1.82) is 0 Å². The summed E-state index contributed by atoms with van der Waals surface area (Å²) >= 11 is 0. The SMILES string of the molecule is CC(C)c1cccc(C(C)C)c1N1[C](c2cc3c4c(c2)Oc2ccccc2N4c2ccccc2O3)c2ccccc2C1(C)C. The maximum atomic E-state index is 6.69. The second kappa shape index (κ2) is 9.65. The Morgan fingerprint density at radius 1 is 0.568 bits per heavy atom. The lowest BCUT2D eigenvalue weighted by Crippen LogP contribution is -2.40. The molecule has 219 valence electrons. The molecule has 0 fully saturated rings. The number of hydrogen-bond donors (Lipinski definition) is 0. The molecular weight excluding hydrogens is 540 g/mol. The number of para-hydroxylation sites is 5. The van der Waals surface area contributed by atoms with Gasteiger partial charge in [-0.3, -0.25) is 4.90 Å². The van der Waals surface area contributed by atoms with Gasteiger partial charge in [0.2, 0.25) is 0 Å². The highest BCUT2D eigenvalue weighted by Crippen LogP contribution is 2.62. The van der Waals surface area contributed by atoms with E-state index < -0.39 is 0 Å². The van der Waals surface area contributed by atoms with Crippen LogP contribution in [0.15, 0.2) is 103 Å². The summed E-state index contributed by atoms with van der Waals surface area (Å²) in [4.78, 5) is 4.88. The molecule has 0 aliphatic carbocycles. The van der Waals surface area contributed by atoms with Crippen molar-refractivity contribution < 1.29 is 9.47 Å². The fourth-order valence-corrected chi connectivity index (χ4v) is 7.35. The summed E-state index contributed by atoms with van der Waals surface area (Å²) in [5.74, 6) is 3.98. The third-order valence-electron chi connectivity index (χ3n) is 9.38. The Bertz CT molecular complexity index is 1840. The minimum absolute atomic E-state index is 0.291. The Hall–Kier alpha value is -4.70. The van der Waals surface area contributed by atoms with Crippen LogP contribution in [0.3, 0.4) is 0 Å². The molecule has 4 heteroatoms. The third-order valence-corrected chi connectivity index (χ3v) is 9.38. The van der Waals surface area contributed by atoms with Gasteiger partial charge in [-0.1, -0.05) is 94.4 Å². The van der Waals surface area contributed by atoms with Gasteiger partial charge in [-0.25, -0.2) is 0 Å². The summed E-state index contributed by atoms with van der Waals surface area (Å²) in [7, 11) is 0. The first-order valence-corrected chi connectivity index (χ1v) is 15.7. The lowest BCUT2D eigenvalue weighted by atomic mass is 9.88. The predicted octanol–water partition coefficient (Wildman–Crippen LogP) is 11.3. The van der Waals surface area contributed by atoms with Gasteiger partial charge in [0.1, 0.15) is 11.7 Å². The van der Waals surface area contributed by atoms with Gasteiger partial charge in [0.25, 0.3) is 0 Å². The fourth-order valence-electron chi connectivity index (χ4n) is 7.35. The first-order valence-electron chi connectivity index (χ1n) is 15.7. The molecule has 3 aliphatic rings. The summed E-state index contributed by atoms with van der Waals surface area (Å²) in [5, 5.41) is 0. The van der Waals surface area contributed by atoms with Gasteiger partial charge in [-0.05, 0) is 89.9 Å². The van der Waals surface area contributed by atoms with Crippen molar-refractivity contribution in [2.24, 2.45) is 0 Å². The highest BCUT2D eigenvalue weighted by Gasteiger charge is 2.48. The molecule has 1 radical (unpaired) electrons. The highest BCUT2D eigenvalue weighted by molar-refractivity contribution is 5.94. The molecule has 3 aliphatic heterocycles. The van der Waals surface area contributed by atoms with E-state index in [1.165, 1.54) is 34.0 Å². The third kappa shape index (κ3) is 3.76. The molecule has 5 aromatic rings. The maximum Gasteiger partial charge on any atom is 0.155 e. The summed E-state index contributed by atoms with van der Waals surface area (Å²) in [6.45, 7) is 13.9. The van der Waals surface area contributed by atoms with Crippen LogP contribution < -0.4 is 19.3 Å². The van der Waals surface area contributed by atoms with Crippen molar-refractivity contribution >= 4 is 22.7 Å². The van der Waals surface area contributed by atoms with E-state index in [1.807, 2.05) is 24.3 Å². The second-order valence-electron chi connectivity index (χ2n) is 13.2. The zero-order valence-corrected chi connectivity index (χ0v) is 26.2. The smallest absolute Gasteiger partial charge is 0.155 e. The molecule has 0 atom stereocenters. The van der Waals surface area contributed by atoms with Crippen LogP contribution in [0.2, 0.25) is 0 Å². The standard InChI is InChI=1S/C40H37N2O2/c1-24(2)27-15-13-16-28(25(3)4)38(27)42-37(29-14-7-8-17-30(29)40(42,5)6)26-22-35-39-36(23-26)44-34-21-12-10-19-32(34)41(39)31-18-9-11-20-33(31)43-35/h7-25H,1-6H3. The normalized spacial score (nSPS) is 15.8. The number of anilines is 4. The van der Waals surface area contributed by atoms with Crippen LogP contribution in [0.5, 0.6) is 23.0 Å². The van der Waals surface area contributed by atoms with Crippen molar-refractivity contribution in [2.45, 2.75) is 58.9 Å². The number of benzene rings is 5. The first-order chi connectivity index (χ1) is 21.3. The van der Waals surface area contributed by atoms with Crippen LogP contribution in [-0.4, -0.2) is 0 Å². The Morgan fingerprint density at radius 2 is 1.09 bits per heavy atom. The molecule has 0 aromatic heterocycles. The van der Waals surface area contributed by atoms with E-state index in [-0.39, 0.29) is 5.54 Å². The van der Waals surface area contributed by atoms with Gasteiger partial charge in [0.05, 0.1) is 16.9 Å². The lowest BCUT2D eigenvalue weighted by Gasteiger charge is -2.42. The van der Waals surface area contributed by atoms with Gasteiger partial charge in [-0.15, -0.1) is 0 Å². The van der Waals surface area contributed by atoms with Crippen LogP contribution in [0, 0.1) is 6.04 Å². The Kier molecular flexibility index (Phi) is 5.90. The van der Waals surface area contributed by atoms with Crippen molar-refractivity contribution in [1.82, 2.24) is 0 Å². The van der Waals surface area contributed by atoms with Gasteiger partial charge in [-0.2, -0.15) is 0 Å². The van der Waals surface area contributed by atoms with Gasteiger partial charge >= 0.3 is 0 Å². The van der Waals surface area contributed by atoms with E-state index in [0.717, 1.165) is 45.6 Å². The molecule has 44 heavy (non-hydrogen) atoms. The molecule has 4 nitrogen and oxygen atoms in total. The van der Waals surface area contributed by atoms with Gasteiger partial charge in [0.15, 0.2) is 23.0 Å². The van der Waals surface area contributed by atoms with Crippen LogP contribution in [-0.2, 0) is 5.54 Å². The van der Waals surface area contributed by atoms with Crippen LogP contribution >= 0.6 is 0 Å². The largest absolute Gasteiger partial charge is 0.453 e. The second-order valence-corrected chi connectivity index (χ2v) is 13.2. The van der Waals surface area contributed by atoms with Crippen LogP contribution in [0.1, 0.15) is 81.2 Å². The summed E-state index contributed by atoms with van der Waals surface area (Å²) in [5.41, 5.74) is 10.3. The molecule has 0 unspecified atom stereocenters. The van der Waals surface area contributed by atoms with Crippen LogP contribution in [0.4, 0.5) is 22.7 Å². The van der Waals surface area contributed by atoms with E-state index >= 15 is 0 Å². The number of ether oxygens (including phenoxy) is 2. The van der Waals surface area contributed by atoms with E-state index in [2.05, 4.69) is 130 Å². The van der Waals surface area contributed by atoms with E-state index in [9.17, 15) is 0 Å². The predicted molar refractivity (Wildman–Crippen MR) is 179 cm³/mol. The van der Waals surface area contributed by atoms with Crippen LogP contribution in [0.25, 0.3) is 0 Å². The molecule has 0 bridgehead atoms. The number of hydrogen-bond acceptors (Lipinski definition) is 4. The minimum atomic E-state index is -0.291. The number of nitrogens with zero attached hydrogens (tertiary/aromatic N) is 2. The zero-order chi connectivity index (χ0) is 30.3. The summed E-state index contributed by atoms with van der Waals surface area (Å²) in [6, 6.07) is 37.8. The van der Waals surface area contributed by atoms with Crippen molar-refractivity contribution in [3.63, 3.8) is 0 Å². The highest BCUT2D eigenvalue weighted by atomic mass is 16.5. The number of rotatable bonds is 4. The zero-order valence-electron chi connectivity index (χ0n) is 26.2. The molecule has 0 N–H and O–H groups in total. The first kappa shape index (κ1) is 26.9. The van der Waals surface area contributed by atoms with E-state index in [0.29, 0.717) is 11.8 Å². The number of fused-ring (bicyclic) bond motifs is 5. The lowest BCUT2D eigenvalue weighted by molar-refractivity contribution is 0.444. The molecule has 8 rings (SSSR count). The monoisotopic (exact) mass is 577 g/mol. The average Bonchev–Trinajstić information content (AvgIpc) is 3.26. The van der Waals surface area contributed by atoms with Gasteiger partial charge < -0.3 is 14.4 Å². The average molecular weight is 578 g/mol. The Balaban J connectivity index is 1.40. The van der Waals surface area contributed by atoms with Gasteiger partial charge in [0, 0.05) is 5.69 Å². The molecule has 5 aromatic carbocycles. The summed E-state index contributed by atoms with van der Waals surface area (Å²) < 4.78 is 13.4.